The highest BCUT2D eigenvalue weighted by atomic mass is 16.5. The molecule has 1 aliphatic carbocycles. The molecule has 12 heavy (non-hydrogen) atoms. The van der Waals surface area contributed by atoms with E-state index in [4.69, 9.17) is 10.5 Å². The summed E-state index contributed by atoms with van der Waals surface area (Å²) in [6.45, 7) is 1.54. The van der Waals surface area contributed by atoms with Crippen LogP contribution < -0.4 is 11.1 Å². The fourth-order valence-corrected chi connectivity index (χ4v) is 1.72. The summed E-state index contributed by atoms with van der Waals surface area (Å²) in [5.41, 5.74) is 5.77. The molecule has 3 heteroatoms. The van der Waals surface area contributed by atoms with Crippen LogP contribution in [0.3, 0.4) is 0 Å². The fraction of sp³-hybridized carbons (Fsp3) is 1.00. The summed E-state index contributed by atoms with van der Waals surface area (Å²) >= 11 is 0. The lowest BCUT2D eigenvalue weighted by Gasteiger charge is -2.15. The number of hydrogen-bond donors (Lipinski definition) is 2. The Labute approximate surface area is 74.7 Å². The third-order valence-electron chi connectivity index (χ3n) is 2.40. The maximum atomic E-state index is 5.77. The maximum absolute atomic E-state index is 5.77. The highest BCUT2D eigenvalue weighted by molar-refractivity contribution is 4.75. The third-order valence-corrected chi connectivity index (χ3v) is 2.40. The van der Waals surface area contributed by atoms with Gasteiger partial charge in [0.05, 0.1) is 6.61 Å². The molecule has 1 unspecified atom stereocenters. The van der Waals surface area contributed by atoms with E-state index < -0.39 is 0 Å². The minimum absolute atomic E-state index is 0.149. The molecule has 1 aliphatic rings. The Bertz CT molecular complexity index is 113. The van der Waals surface area contributed by atoms with Gasteiger partial charge in [-0.3, -0.25) is 0 Å². The summed E-state index contributed by atoms with van der Waals surface area (Å²) in [6, 6.07) is 0.864. The van der Waals surface area contributed by atoms with Gasteiger partial charge in [-0.15, -0.1) is 0 Å². The van der Waals surface area contributed by atoms with Gasteiger partial charge in [-0.1, -0.05) is 12.8 Å². The number of nitrogens with two attached hydrogens (primary N) is 1. The Morgan fingerprint density at radius 1 is 1.50 bits per heavy atom. The molecule has 72 valence electrons. The van der Waals surface area contributed by atoms with Crippen LogP contribution >= 0.6 is 0 Å². The van der Waals surface area contributed by atoms with Crippen molar-refractivity contribution in [2.24, 2.45) is 5.73 Å². The zero-order chi connectivity index (χ0) is 8.81. The van der Waals surface area contributed by atoms with Crippen LogP contribution in [0.4, 0.5) is 0 Å². The molecule has 1 rings (SSSR count). The summed E-state index contributed by atoms with van der Waals surface area (Å²) in [5.74, 6) is 0. The lowest BCUT2D eigenvalue weighted by Crippen LogP contribution is -2.40. The van der Waals surface area contributed by atoms with E-state index in [9.17, 15) is 0 Å². The molecule has 0 radical (unpaired) electrons. The van der Waals surface area contributed by atoms with Gasteiger partial charge in [0, 0.05) is 25.7 Å². The lowest BCUT2D eigenvalue weighted by molar-refractivity contribution is 0.177. The Morgan fingerprint density at radius 2 is 2.17 bits per heavy atom. The second kappa shape index (κ2) is 5.51. The van der Waals surface area contributed by atoms with Crippen LogP contribution in [0.5, 0.6) is 0 Å². The van der Waals surface area contributed by atoms with Gasteiger partial charge in [0.15, 0.2) is 0 Å². The van der Waals surface area contributed by atoms with Crippen molar-refractivity contribution in [3.8, 4) is 0 Å². The SMILES string of the molecule is COCC(N)CNC1CCCC1. The van der Waals surface area contributed by atoms with Crippen molar-refractivity contribution in [3.63, 3.8) is 0 Å². The van der Waals surface area contributed by atoms with E-state index in [1.54, 1.807) is 7.11 Å². The lowest BCUT2D eigenvalue weighted by atomic mass is 10.2. The van der Waals surface area contributed by atoms with E-state index in [0.29, 0.717) is 12.6 Å². The van der Waals surface area contributed by atoms with Gasteiger partial charge in [-0.05, 0) is 12.8 Å². The highest BCUT2D eigenvalue weighted by Gasteiger charge is 2.14. The Hall–Kier alpha value is -0.120. The first kappa shape index (κ1) is 9.96. The number of nitrogens with one attached hydrogen (secondary N) is 1. The summed E-state index contributed by atoms with van der Waals surface area (Å²) < 4.78 is 4.95. The van der Waals surface area contributed by atoms with Gasteiger partial charge in [0.1, 0.15) is 0 Å². The van der Waals surface area contributed by atoms with Crippen molar-refractivity contribution in [2.75, 3.05) is 20.3 Å². The summed E-state index contributed by atoms with van der Waals surface area (Å²) in [6.07, 6.45) is 5.38. The molecule has 1 fully saturated rings. The maximum Gasteiger partial charge on any atom is 0.0626 e. The topological polar surface area (TPSA) is 47.3 Å². The van der Waals surface area contributed by atoms with Crippen LogP contribution in [0.1, 0.15) is 25.7 Å². The molecule has 0 spiro atoms. The van der Waals surface area contributed by atoms with Crippen LogP contribution in [-0.4, -0.2) is 32.3 Å². The average Bonchev–Trinajstić information content (AvgIpc) is 2.53. The Morgan fingerprint density at radius 3 is 2.75 bits per heavy atom. The molecule has 0 aliphatic heterocycles. The van der Waals surface area contributed by atoms with Gasteiger partial charge in [0.2, 0.25) is 0 Å². The fourth-order valence-electron chi connectivity index (χ4n) is 1.72. The second-order valence-corrected chi connectivity index (χ2v) is 3.61. The molecule has 3 N–H and O–H groups in total. The van der Waals surface area contributed by atoms with Gasteiger partial charge in [-0.2, -0.15) is 0 Å². The summed E-state index contributed by atoms with van der Waals surface area (Å²) in [5, 5.41) is 3.46. The highest BCUT2D eigenvalue weighted by Crippen LogP contribution is 2.17. The van der Waals surface area contributed by atoms with Crippen LogP contribution in [0.25, 0.3) is 0 Å². The first-order chi connectivity index (χ1) is 5.83. The molecule has 0 aromatic carbocycles. The molecular weight excluding hydrogens is 152 g/mol. The van der Waals surface area contributed by atoms with E-state index in [-0.39, 0.29) is 6.04 Å². The van der Waals surface area contributed by atoms with Crippen LogP contribution in [0, 0.1) is 0 Å². The second-order valence-electron chi connectivity index (χ2n) is 3.61. The number of ether oxygens (including phenoxy) is 1. The average molecular weight is 172 g/mol. The first-order valence-electron chi connectivity index (χ1n) is 4.81. The smallest absolute Gasteiger partial charge is 0.0626 e. The molecule has 0 saturated heterocycles. The van der Waals surface area contributed by atoms with Gasteiger partial charge >= 0.3 is 0 Å². The zero-order valence-corrected chi connectivity index (χ0v) is 7.88. The van der Waals surface area contributed by atoms with Crippen LogP contribution in [0.2, 0.25) is 0 Å². The molecular formula is C9H20N2O. The predicted molar refractivity (Wildman–Crippen MR) is 50.1 cm³/mol. The van der Waals surface area contributed by atoms with E-state index in [0.717, 1.165) is 6.54 Å². The third kappa shape index (κ3) is 3.52. The van der Waals surface area contributed by atoms with Crippen molar-refractivity contribution < 1.29 is 4.74 Å². The van der Waals surface area contributed by atoms with Crippen LogP contribution in [0.15, 0.2) is 0 Å². The molecule has 1 saturated carbocycles. The van der Waals surface area contributed by atoms with Crippen molar-refractivity contribution in [1.29, 1.82) is 0 Å². The van der Waals surface area contributed by atoms with E-state index in [2.05, 4.69) is 5.32 Å². The number of hydrogen-bond acceptors (Lipinski definition) is 3. The summed E-state index contributed by atoms with van der Waals surface area (Å²) in [4.78, 5) is 0. The molecule has 3 nitrogen and oxygen atoms in total. The van der Waals surface area contributed by atoms with E-state index >= 15 is 0 Å². The van der Waals surface area contributed by atoms with Gasteiger partial charge in [-0.25, -0.2) is 0 Å². The predicted octanol–water partition coefficient (Wildman–Crippen LogP) is 0.492. The van der Waals surface area contributed by atoms with Crippen molar-refractivity contribution in [2.45, 2.75) is 37.8 Å². The normalized spacial score (nSPS) is 21.5. The molecule has 0 aromatic heterocycles. The molecule has 0 amide bonds. The van der Waals surface area contributed by atoms with Crippen molar-refractivity contribution in [3.05, 3.63) is 0 Å². The monoisotopic (exact) mass is 172 g/mol. The Kier molecular flexibility index (Phi) is 4.58. The first-order valence-corrected chi connectivity index (χ1v) is 4.81. The van der Waals surface area contributed by atoms with Gasteiger partial charge in [0.25, 0.3) is 0 Å². The van der Waals surface area contributed by atoms with Crippen molar-refractivity contribution in [1.82, 2.24) is 5.32 Å². The summed E-state index contributed by atoms with van der Waals surface area (Å²) in [7, 11) is 1.69. The molecule has 0 bridgehead atoms. The minimum atomic E-state index is 0.149. The van der Waals surface area contributed by atoms with Crippen molar-refractivity contribution >= 4 is 0 Å². The van der Waals surface area contributed by atoms with Gasteiger partial charge < -0.3 is 15.8 Å². The zero-order valence-electron chi connectivity index (χ0n) is 7.88. The standard InChI is InChI=1S/C9H20N2O/c1-12-7-8(10)6-11-9-4-2-3-5-9/h8-9,11H,2-7,10H2,1H3. The largest absolute Gasteiger partial charge is 0.383 e. The molecule has 1 atom stereocenters. The molecule has 0 aromatic rings. The minimum Gasteiger partial charge on any atom is -0.383 e. The number of methoxy groups -OCH3 is 1. The molecule has 0 heterocycles. The number of rotatable bonds is 5. The van der Waals surface area contributed by atoms with E-state index in [1.165, 1.54) is 25.7 Å². The Balaban J connectivity index is 1.99. The van der Waals surface area contributed by atoms with Crippen LogP contribution in [-0.2, 0) is 4.74 Å². The quantitative estimate of drug-likeness (QED) is 0.634. The van der Waals surface area contributed by atoms with E-state index in [1.807, 2.05) is 0 Å².